The maximum Gasteiger partial charge on any atom is 0.430 e. The quantitative estimate of drug-likeness (QED) is 0.297. The molecule has 2 rings (SSSR count). The van der Waals surface area contributed by atoms with Crippen molar-refractivity contribution in [3.63, 3.8) is 0 Å². The molecule has 0 saturated carbocycles. The van der Waals surface area contributed by atoms with Crippen LogP contribution in [0.25, 0.3) is 0 Å². The molecule has 18 heteroatoms. The molecule has 0 radical (unpaired) electrons. The van der Waals surface area contributed by atoms with E-state index in [4.69, 9.17) is 11.5 Å². The van der Waals surface area contributed by atoms with Gasteiger partial charge in [-0.25, -0.2) is 8.78 Å². The van der Waals surface area contributed by atoms with Crippen molar-refractivity contribution >= 4 is 11.4 Å². The second kappa shape index (κ2) is 8.78. The van der Waals surface area contributed by atoms with Crippen molar-refractivity contribution in [2.24, 2.45) is 0 Å². The normalized spacial score (nSPS) is 14.3. The molecule has 208 valence electrons. The van der Waals surface area contributed by atoms with Crippen molar-refractivity contribution in [3.05, 3.63) is 58.2 Å². The van der Waals surface area contributed by atoms with Crippen LogP contribution in [-0.4, -0.2) is 34.9 Å². The number of aliphatic hydroxyl groups is 2. The van der Waals surface area contributed by atoms with Gasteiger partial charge in [-0.15, -0.1) is 0 Å². The van der Waals surface area contributed by atoms with E-state index in [1.54, 1.807) is 0 Å². The molecule has 4 nitrogen and oxygen atoms in total. The molecule has 0 unspecified atom stereocenters. The van der Waals surface area contributed by atoms with Gasteiger partial charge in [0.2, 0.25) is 0 Å². The van der Waals surface area contributed by atoms with E-state index in [0.717, 1.165) is 0 Å². The van der Waals surface area contributed by atoms with Crippen LogP contribution in [0.3, 0.4) is 0 Å². The molecule has 0 fully saturated rings. The number of benzene rings is 2. The summed E-state index contributed by atoms with van der Waals surface area (Å²) < 4.78 is 187. The van der Waals surface area contributed by atoms with Crippen LogP contribution in [0, 0.1) is 11.6 Å². The third-order valence-electron chi connectivity index (χ3n) is 5.21. The van der Waals surface area contributed by atoms with Crippen LogP contribution < -0.4 is 11.5 Å². The van der Waals surface area contributed by atoms with E-state index in [0.29, 0.717) is 0 Å². The molecule has 0 heterocycles. The van der Waals surface area contributed by atoms with Gasteiger partial charge in [-0.2, -0.15) is 52.7 Å². The fourth-order valence-corrected chi connectivity index (χ4v) is 3.32. The SMILES string of the molecule is Nc1c(F)cc(Cc2cc(F)c(N)c(C(O)(C(F)(F)F)C(F)(F)F)c2)cc1C(O)(C(F)(F)F)C(F)(F)F. The summed E-state index contributed by atoms with van der Waals surface area (Å²) >= 11 is 0. The van der Waals surface area contributed by atoms with Gasteiger partial charge in [-0.1, -0.05) is 0 Å². The van der Waals surface area contributed by atoms with Gasteiger partial charge in [-0.3, -0.25) is 0 Å². The van der Waals surface area contributed by atoms with E-state index in [1.165, 1.54) is 0 Å². The monoisotopic (exact) mass is 566 g/mol. The number of hydrogen-bond acceptors (Lipinski definition) is 4. The van der Waals surface area contributed by atoms with Crippen LogP contribution in [-0.2, 0) is 17.6 Å². The van der Waals surface area contributed by atoms with Crippen LogP contribution in [0.4, 0.5) is 72.8 Å². The maximum atomic E-state index is 14.2. The smallest absolute Gasteiger partial charge is 0.396 e. The molecule has 0 spiro atoms. The molecule has 2 aromatic rings. The largest absolute Gasteiger partial charge is 0.430 e. The zero-order valence-electron chi connectivity index (χ0n) is 17.4. The summed E-state index contributed by atoms with van der Waals surface area (Å²) in [7, 11) is 0. The van der Waals surface area contributed by atoms with Gasteiger partial charge in [0.15, 0.2) is 0 Å². The standard InChI is InChI=1S/C19H12F14N2O2/c20-10-4-6(2-8(12(10)34)14(36,16(22,23)24)17(25,26)27)1-7-3-9(13(35)11(21)5-7)15(37,18(28,29)30)19(31,32)33/h2-5,36-37H,1,34-35H2. The molecule has 2 aromatic carbocycles. The van der Waals surface area contributed by atoms with Gasteiger partial charge < -0.3 is 21.7 Å². The number of rotatable bonds is 4. The number of hydrogen-bond donors (Lipinski definition) is 4. The lowest BCUT2D eigenvalue weighted by molar-refractivity contribution is -0.376. The average molecular weight is 566 g/mol. The summed E-state index contributed by atoms with van der Waals surface area (Å²) in [6, 6.07) is -0.0701. The average Bonchev–Trinajstić information content (AvgIpc) is 2.68. The number of anilines is 2. The molecule has 0 aromatic heterocycles. The predicted molar refractivity (Wildman–Crippen MR) is 96.4 cm³/mol. The molecule has 0 aliphatic heterocycles. The van der Waals surface area contributed by atoms with E-state index in [1.807, 2.05) is 0 Å². The molecular weight excluding hydrogens is 554 g/mol. The minimum absolute atomic E-state index is 0.139. The topological polar surface area (TPSA) is 92.5 Å². The van der Waals surface area contributed by atoms with Crippen molar-refractivity contribution in [1.82, 2.24) is 0 Å². The van der Waals surface area contributed by atoms with Gasteiger partial charge in [-0.05, 0) is 41.8 Å². The van der Waals surface area contributed by atoms with Crippen molar-refractivity contribution in [1.29, 1.82) is 0 Å². The first kappa shape index (κ1) is 30.2. The highest BCUT2D eigenvalue weighted by molar-refractivity contribution is 5.57. The Morgan fingerprint density at radius 3 is 0.973 bits per heavy atom. The predicted octanol–water partition coefficient (Wildman–Crippen LogP) is 5.34. The fraction of sp³-hybridized carbons (Fsp3) is 0.368. The lowest BCUT2D eigenvalue weighted by Crippen LogP contribution is -2.54. The summed E-state index contributed by atoms with van der Waals surface area (Å²) in [6.07, 6.45) is -27.5. The van der Waals surface area contributed by atoms with Gasteiger partial charge >= 0.3 is 24.7 Å². The molecule has 0 saturated heterocycles. The highest BCUT2D eigenvalue weighted by Crippen LogP contribution is 2.53. The lowest BCUT2D eigenvalue weighted by Gasteiger charge is -2.34. The van der Waals surface area contributed by atoms with Crippen molar-refractivity contribution in [2.45, 2.75) is 42.3 Å². The molecular formula is C19H12F14N2O2. The highest BCUT2D eigenvalue weighted by atomic mass is 19.4. The molecule has 0 amide bonds. The molecule has 0 atom stereocenters. The molecule has 37 heavy (non-hydrogen) atoms. The fourth-order valence-electron chi connectivity index (χ4n) is 3.32. The van der Waals surface area contributed by atoms with Gasteiger partial charge in [0.05, 0.1) is 11.4 Å². The molecule has 6 N–H and O–H groups in total. The number of halogens is 14. The Morgan fingerprint density at radius 1 is 0.514 bits per heavy atom. The van der Waals surface area contributed by atoms with E-state index < -0.39 is 87.6 Å². The zero-order chi connectivity index (χ0) is 29.2. The van der Waals surface area contributed by atoms with Crippen molar-refractivity contribution in [3.8, 4) is 0 Å². The Balaban J connectivity index is 2.80. The van der Waals surface area contributed by atoms with E-state index in [-0.39, 0.29) is 24.3 Å². The maximum absolute atomic E-state index is 14.2. The zero-order valence-corrected chi connectivity index (χ0v) is 17.4. The molecule has 0 aliphatic carbocycles. The summed E-state index contributed by atoms with van der Waals surface area (Å²) in [5.41, 5.74) is -12.0. The second-order valence-electron chi connectivity index (χ2n) is 7.67. The minimum atomic E-state index is -6.54. The van der Waals surface area contributed by atoms with E-state index in [9.17, 15) is 71.7 Å². The first-order chi connectivity index (χ1) is 16.3. The number of alkyl halides is 12. The van der Waals surface area contributed by atoms with E-state index in [2.05, 4.69) is 0 Å². The lowest BCUT2D eigenvalue weighted by atomic mass is 9.86. The first-order valence-electron chi connectivity index (χ1n) is 9.19. The Hall–Kier alpha value is -3.02. The van der Waals surface area contributed by atoms with Crippen molar-refractivity contribution in [2.75, 3.05) is 11.5 Å². The third-order valence-corrected chi connectivity index (χ3v) is 5.21. The summed E-state index contributed by atoms with van der Waals surface area (Å²) in [4.78, 5) is 0. The summed E-state index contributed by atoms with van der Waals surface area (Å²) in [6.45, 7) is 0. The van der Waals surface area contributed by atoms with Gasteiger partial charge in [0.1, 0.15) is 11.6 Å². The Bertz CT molecular complexity index is 1060. The number of nitrogens with two attached hydrogens (primary N) is 2. The minimum Gasteiger partial charge on any atom is -0.396 e. The van der Waals surface area contributed by atoms with Crippen LogP contribution in [0.1, 0.15) is 22.3 Å². The summed E-state index contributed by atoms with van der Waals surface area (Å²) in [5.74, 6) is -4.00. The van der Waals surface area contributed by atoms with Crippen LogP contribution in [0.15, 0.2) is 24.3 Å². The Morgan fingerprint density at radius 2 is 0.757 bits per heavy atom. The Kier molecular flexibility index (Phi) is 7.17. The van der Waals surface area contributed by atoms with Gasteiger partial charge in [0.25, 0.3) is 11.2 Å². The van der Waals surface area contributed by atoms with Crippen LogP contribution in [0.2, 0.25) is 0 Å². The van der Waals surface area contributed by atoms with Gasteiger partial charge in [0, 0.05) is 11.1 Å². The highest BCUT2D eigenvalue weighted by Gasteiger charge is 2.73. The summed E-state index contributed by atoms with van der Waals surface area (Å²) in [5, 5.41) is 19.0. The number of nitrogen functional groups attached to an aromatic ring is 2. The van der Waals surface area contributed by atoms with Crippen LogP contribution in [0.5, 0.6) is 0 Å². The molecule has 0 aliphatic rings. The first-order valence-corrected chi connectivity index (χ1v) is 9.19. The Labute approximate surface area is 196 Å². The second-order valence-corrected chi connectivity index (χ2v) is 7.67. The third kappa shape index (κ3) is 4.83. The van der Waals surface area contributed by atoms with E-state index >= 15 is 0 Å². The molecule has 0 bridgehead atoms. The van der Waals surface area contributed by atoms with Crippen LogP contribution >= 0.6 is 0 Å². The van der Waals surface area contributed by atoms with Crippen molar-refractivity contribution < 1.29 is 71.7 Å².